The van der Waals surface area contributed by atoms with Crippen LogP contribution in [0.25, 0.3) is 10.3 Å². The van der Waals surface area contributed by atoms with Gasteiger partial charge in [-0.15, -0.1) is 21.5 Å². The third kappa shape index (κ3) is 2.84. The molecule has 0 spiro atoms. The summed E-state index contributed by atoms with van der Waals surface area (Å²) < 4.78 is 3.99. The van der Waals surface area contributed by atoms with Gasteiger partial charge in [0.05, 0.1) is 0 Å². The Balaban J connectivity index is 1.73. The first-order valence-corrected chi connectivity index (χ1v) is 8.47. The standard InChI is InChI=1S/C12H15N7S2/c1-7-17-18-8(19(7)2)4-5-13-10-9-11(15-6-14-10)16-12(20-3)21-9/h6H,4-5H2,1-3H3,(H,13,14,15). The van der Waals surface area contributed by atoms with Gasteiger partial charge in [0.2, 0.25) is 0 Å². The number of hydrogen-bond donors (Lipinski definition) is 1. The summed E-state index contributed by atoms with van der Waals surface area (Å²) in [7, 11) is 1.97. The van der Waals surface area contributed by atoms with Gasteiger partial charge in [0.1, 0.15) is 28.5 Å². The van der Waals surface area contributed by atoms with Crippen LogP contribution in [-0.2, 0) is 13.5 Å². The van der Waals surface area contributed by atoms with Crippen LogP contribution in [-0.4, -0.2) is 42.5 Å². The van der Waals surface area contributed by atoms with Gasteiger partial charge in [-0.25, -0.2) is 15.0 Å². The van der Waals surface area contributed by atoms with Crippen molar-refractivity contribution in [2.75, 3.05) is 18.1 Å². The molecule has 3 aromatic heterocycles. The Labute approximate surface area is 130 Å². The fourth-order valence-corrected chi connectivity index (χ4v) is 3.39. The Kier molecular flexibility index (Phi) is 4.02. The largest absolute Gasteiger partial charge is 0.368 e. The van der Waals surface area contributed by atoms with E-state index in [1.807, 2.05) is 24.8 Å². The molecule has 0 atom stereocenters. The second kappa shape index (κ2) is 5.94. The second-order valence-corrected chi connectivity index (χ2v) is 6.51. The molecule has 0 bridgehead atoms. The molecule has 0 aliphatic carbocycles. The van der Waals surface area contributed by atoms with Gasteiger partial charge < -0.3 is 9.88 Å². The van der Waals surface area contributed by atoms with E-state index in [4.69, 9.17) is 0 Å². The molecule has 0 saturated heterocycles. The van der Waals surface area contributed by atoms with E-state index < -0.39 is 0 Å². The zero-order valence-corrected chi connectivity index (χ0v) is 13.6. The molecule has 0 amide bonds. The lowest BCUT2D eigenvalue weighted by molar-refractivity contribution is 0.770. The second-order valence-electron chi connectivity index (χ2n) is 4.46. The Morgan fingerprint density at radius 2 is 2.19 bits per heavy atom. The average Bonchev–Trinajstić information content (AvgIpc) is 3.05. The van der Waals surface area contributed by atoms with Crippen molar-refractivity contribution in [3.05, 3.63) is 18.0 Å². The topological polar surface area (TPSA) is 81.4 Å². The van der Waals surface area contributed by atoms with Crippen molar-refractivity contribution in [1.29, 1.82) is 0 Å². The van der Waals surface area contributed by atoms with Crippen molar-refractivity contribution >= 4 is 39.3 Å². The molecule has 7 nitrogen and oxygen atoms in total. The number of thioether (sulfide) groups is 1. The highest BCUT2D eigenvalue weighted by molar-refractivity contribution is 8.00. The smallest absolute Gasteiger partial charge is 0.176 e. The first kappa shape index (κ1) is 14.2. The van der Waals surface area contributed by atoms with Gasteiger partial charge in [-0.1, -0.05) is 11.8 Å². The number of nitrogens with one attached hydrogen (secondary N) is 1. The first-order valence-electron chi connectivity index (χ1n) is 6.43. The molecule has 0 aromatic carbocycles. The number of aromatic nitrogens is 6. The molecule has 0 radical (unpaired) electrons. The highest BCUT2D eigenvalue weighted by Gasteiger charge is 2.10. The minimum Gasteiger partial charge on any atom is -0.368 e. The molecule has 0 fully saturated rings. The van der Waals surface area contributed by atoms with Crippen molar-refractivity contribution < 1.29 is 0 Å². The molecule has 0 saturated carbocycles. The van der Waals surface area contributed by atoms with Crippen molar-refractivity contribution in [2.45, 2.75) is 17.7 Å². The number of aryl methyl sites for hydroxylation is 1. The van der Waals surface area contributed by atoms with Gasteiger partial charge in [-0.3, -0.25) is 0 Å². The molecule has 21 heavy (non-hydrogen) atoms. The number of rotatable bonds is 5. The summed E-state index contributed by atoms with van der Waals surface area (Å²) in [5.74, 6) is 2.71. The first-order chi connectivity index (χ1) is 10.2. The van der Waals surface area contributed by atoms with E-state index in [2.05, 4.69) is 30.5 Å². The van der Waals surface area contributed by atoms with Crippen molar-refractivity contribution in [2.24, 2.45) is 7.05 Å². The fraction of sp³-hybridized carbons (Fsp3) is 0.417. The van der Waals surface area contributed by atoms with Gasteiger partial charge in [0.15, 0.2) is 9.99 Å². The van der Waals surface area contributed by atoms with Crippen LogP contribution in [0.3, 0.4) is 0 Å². The maximum Gasteiger partial charge on any atom is 0.176 e. The summed E-state index contributed by atoms with van der Waals surface area (Å²) in [6.45, 7) is 2.68. The summed E-state index contributed by atoms with van der Waals surface area (Å²) in [5, 5.41) is 11.5. The molecular weight excluding hydrogens is 306 g/mol. The van der Waals surface area contributed by atoms with Crippen LogP contribution in [0, 0.1) is 6.92 Å². The minimum absolute atomic E-state index is 0.741. The highest BCUT2D eigenvalue weighted by Crippen LogP contribution is 2.30. The summed E-state index contributed by atoms with van der Waals surface area (Å²) >= 11 is 3.23. The lowest BCUT2D eigenvalue weighted by Crippen LogP contribution is -2.10. The summed E-state index contributed by atoms with van der Waals surface area (Å²) in [5.41, 5.74) is 0.747. The monoisotopic (exact) mass is 321 g/mol. The van der Waals surface area contributed by atoms with E-state index in [0.717, 1.165) is 45.1 Å². The number of thiazole rings is 1. The van der Waals surface area contributed by atoms with Gasteiger partial charge in [-0.2, -0.15) is 0 Å². The quantitative estimate of drug-likeness (QED) is 0.719. The molecule has 3 heterocycles. The van der Waals surface area contributed by atoms with E-state index in [1.54, 1.807) is 29.4 Å². The normalized spacial score (nSPS) is 11.2. The Bertz CT molecular complexity index is 764. The third-order valence-corrected chi connectivity index (χ3v) is 5.21. The van der Waals surface area contributed by atoms with Crippen LogP contribution in [0.4, 0.5) is 5.82 Å². The molecule has 0 aliphatic heterocycles. The van der Waals surface area contributed by atoms with Crippen LogP contribution in [0.1, 0.15) is 11.6 Å². The van der Waals surface area contributed by atoms with Gasteiger partial charge in [0, 0.05) is 20.0 Å². The summed E-state index contributed by atoms with van der Waals surface area (Å²) in [6, 6.07) is 0. The SMILES string of the molecule is CSc1nc2ncnc(NCCc3nnc(C)n3C)c2s1. The fourth-order valence-electron chi connectivity index (χ4n) is 1.91. The van der Waals surface area contributed by atoms with Gasteiger partial charge in [0.25, 0.3) is 0 Å². The van der Waals surface area contributed by atoms with Gasteiger partial charge >= 0.3 is 0 Å². The van der Waals surface area contributed by atoms with Crippen molar-refractivity contribution in [1.82, 2.24) is 29.7 Å². The maximum absolute atomic E-state index is 4.44. The van der Waals surface area contributed by atoms with E-state index in [1.165, 1.54) is 0 Å². The third-order valence-electron chi connectivity index (χ3n) is 3.17. The van der Waals surface area contributed by atoms with Crippen molar-refractivity contribution in [3.63, 3.8) is 0 Å². The zero-order valence-electron chi connectivity index (χ0n) is 12.0. The van der Waals surface area contributed by atoms with Crippen LogP contribution < -0.4 is 5.32 Å². The molecule has 110 valence electrons. The molecular formula is C12H15N7S2. The Hall–Kier alpha value is -1.74. The Morgan fingerprint density at radius 1 is 1.33 bits per heavy atom. The van der Waals surface area contributed by atoms with E-state index in [0.29, 0.717) is 0 Å². The highest BCUT2D eigenvalue weighted by atomic mass is 32.2. The van der Waals surface area contributed by atoms with E-state index in [9.17, 15) is 0 Å². The van der Waals surface area contributed by atoms with Gasteiger partial charge in [-0.05, 0) is 13.2 Å². The summed E-state index contributed by atoms with van der Waals surface area (Å²) in [6.07, 6.45) is 4.34. The number of anilines is 1. The number of nitrogens with zero attached hydrogens (tertiary/aromatic N) is 6. The lowest BCUT2D eigenvalue weighted by atomic mass is 10.4. The molecule has 9 heteroatoms. The molecule has 3 aromatic rings. The minimum atomic E-state index is 0.741. The van der Waals surface area contributed by atoms with Crippen molar-refractivity contribution in [3.8, 4) is 0 Å². The predicted molar refractivity (Wildman–Crippen MR) is 84.9 cm³/mol. The molecule has 0 aliphatic rings. The van der Waals surface area contributed by atoms with Crippen LogP contribution in [0.15, 0.2) is 10.7 Å². The Morgan fingerprint density at radius 3 is 2.90 bits per heavy atom. The van der Waals surface area contributed by atoms with Crippen LogP contribution >= 0.6 is 23.1 Å². The predicted octanol–water partition coefficient (Wildman–Crippen LogP) is 1.90. The maximum atomic E-state index is 4.44. The zero-order chi connectivity index (χ0) is 14.8. The van der Waals surface area contributed by atoms with E-state index in [-0.39, 0.29) is 0 Å². The van der Waals surface area contributed by atoms with Crippen LogP contribution in [0.5, 0.6) is 0 Å². The molecule has 3 rings (SSSR count). The lowest BCUT2D eigenvalue weighted by Gasteiger charge is -2.05. The van der Waals surface area contributed by atoms with E-state index >= 15 is 0 Å². The number of fused-ring (bicyclic) bond motifs is 1. The average molecular weight is 321 g/mol. The number of hydrogen-bond acceptors (Lipinski definition) is 8. The molecule has 0 unspecified atom stereocenters. The molecule has 1 N–H and O–H groups in total. The van der Waals surface area contributed by atoms with Crippen LogP contribution in [0.2, 0.25) is 0 Å². The summed E-state index contributed by atoms with van der Waals surface area (Å²) in [4.78, 5) is 13.0.